The van der Waals surface area contributed by atoms with E-state index in [2.05, 4.69) is 31.4 Å². The molecule has 24 heavy (non-hydrogen) atoms. The topological polar surface area (TPSA) is 80.4 Å². The number of aromatic nitrogens is 1. The van der Waals surface area contributed by atoms with Gasteiger partial charge in [0.2, 0.25) is 5.13 Å². The smallest absolute Gasteiger partial charge is 0.258 e. The van der Waals surface area contributed by atoms with Gasteiger partial charge in [0.15, 0.2) is 0 Å². The fourth-order valence-corrected chi connectivity index (χ4v) is 2.93. The number of nitrogens with one attached hydrogen (secondary N) is 1. The summed E-state index contributed by atoms with van der Waals surface area (Å²) >= 11 is 4.81. The molecular weight excluding hydrogens is 392 g/mol. The average Bonchev–Trinajstić information content (AvgIpc) is 3.05. The lowest BCUT2D eigenvalue weighted by Gasteiger charge is -1.97. The number of hydrazone groups is 1. The van der Waals surface area contributed by atoms with Crippen LogP contribution in [0.1, 0.15) is 5.56 Å². The summed E-state index contributed by atoms with van der Waals surface area (Å²) in [5.74, 6) is 0. The lowest BCUT2D eigenvalue weighted by molar-refractivity contribution is -0.385. The summed E-state index contributed by atoms with van der Waals surface area (Å²) in [6.07, 6.45) is 1.42. The Morgan fingerprint density at radius 1 is 1.21 bits per heavy atom. The molecule has 0 bridgehead atoms. The molecule has 0 unspecified atom stereocenters. The summed E-state index contributed by atoms with van der Waals surface area (Å²) in [7, 11) is 0. The Morgan fingerprint density at radius 3 is 2.71 bits per heavy atom. The molecule has 0 spiro atoms. The molecule has 0 aliphatic carbocycles. The quantitative estimate of drug-likeness (QED) is 0.372. The number of rotatable bonds is 5. The number of thiazole rings is 1. The molecule has 1 N–H and O–H groups in total. The zero-order valence-electron chi connectivity index (χ0n) is 12.2. The summed E-state index contributed by atoms with van der Waals surface area (Å²) in [5, 5.41) is 17.5. The monoisotopic (exact) mass is 402 g/mol. The van der Waals surface area contributed by atoms with Crippen molar-refractivity contribution >= 4 is 44.3 Å². The third-order valence-electron chi connectivity index (χ3n) is 3.14. The van der Waals surface area contributed by atoms with Crippen molar-refractivity contribution in [3.63, 3.8) is 0 Å². The summed E-state index contributed by atoms with van der Waals surface area (Å²) in [6.45, 7) is 0. The van der Waals surface area contributed by atoms with Crippen LogP contribution in [-0.4, -0.2) is 16.1 Å². The second kappa shape index (κ2) is 7.33. The molecule has 1 aromatic heterocycles. The predicted octanol–water partition coefficient (Wildman–Crippen LogP) is 4.93. The molecule has 0 saturated carbocycles. The Kier molecular flexibility index (Phi) is 4.97. The summed E-state index contributed by atoms with van der Waals surface area (Å²) < 4.78 is 1.01. The van der Waals surface area contributed by atoms with E-state index in [9.17, 15) is 10.1 Å². The van der Waals surface area contributed by atoms with Crippen molar-refractivity contribution in [2.45, 2.75) is 0 Å². The molecule has 0 atom stereocenters. The Balaban J connectivity index is 1.72. The third-order valence-corrected chi connectivity index (χ3v) is 4.42. The minimum absolute atomic E-state index is 0.0118. The van der Waals surface area contributed by atoms with Gasteiger partial charge >= 0.3 is 0 Å². The number of nitro benzene ring substituents is 1. The van der Waals surface area contributed by atoms with Crippen molar-refractivity contribution in [1.82, 2.24) is 4.98 Å². The zero-order chi connectivity index (χ0) is 16.9. The Bertz CT molecular complexity index is 893. The van der Waals surface area contributed by atoms with Gasteiger partial charge in [-0.2, -0.15) is 5.10 Å². The second-order valence-electron chi connectivity index (χ2n) is 4.73. The van der Waals surface area contributed by atoms with Crippen LogP contribution in [0.3, 0.4) is 0 Å². The van der Waals surface area contributed by atoms with E-state index in [0.717, 1.165) is 15.7 Å². The van der Waals surface area contributed by atoms with E-state index in [0.29, 0.717) is 10.7 Å². The maximum atomic E-state index is 10.9. The van der Waals surface area contributed by atoms with Crippen molar-refractivity contribution in [1.29, 1.82) is 0 Å². The first-order chi connectivity index (χ1) is 11.6. The Morgan fingerprint density at radius 2 is 1.96 bits per heavy atom. The maximum Gasteiger partial charge on any atom is 0.278 e. The van der Waals surface area contributed by atoms with Crippen LogP contribution in [0.5, 0.6) is 0 Å². The van der Waals surface area contributed by atoms with Gasteiger partial charge in [0.05, 0.1) is 22.4 Å². The molecule has 2 aromatic carbocycles. The Hall–Kier alpha value is -2.58. The van der Waals surface area contributed by atoms with E-state index in [1.54, 1.807) is 18.2 Å². The zero-order valence-corrected chi connectivity index (χ0v) is 14.6. The molecule has 8 heteroatoms. The molecule has 0 aliphatic heterocycles. The van der Waals surface area contributed by atoms with Crippen LogP contribution in [0.25, 0.3) is 11.3 Å². The van der Waals surface area contributed by atoms with Crippen LogP contribution in [0.2, 0.25) is 0 Å². The molecule has 1 heterocycles. The molecule has 0 saturated heterocycles. The van der Waals surface area contributed by atoms with Gasteiger partial charge in [0.1, 0.15) is 0 Å². The molecule has 3 rings (SSSR count). The normalized spacial score (nSPS) is 10.9. The van der Waals surface area contributed by atoms with Gasteiger partial charge in [-0.3, -0.25) is 15.5 Å². The Labute approximate surface area is 150 Å². The molecule has 0 amide bonds. The first-order valence-corrected chi connectivity index (χ1v) is 8.55. The highest BCUT2D eigenvalue weighted by atomic mass is 79.9. The van der Waals surface area contributed by atoms with Gasteiger partial charge in [-0.1, -0.05) is 40.2 Å². The molecule has 0 aliphatic rings. The summed E-state index contributed by atoms with van der Waals surface area (Å²) in [5.41, 5.74) is 5.10. The highest BCUT2D eigenvalue weighted by Crippen LogP contribution is 2.26. The number of nitro groups is 1. The summed E-state index contributed by atoms with van der Waals surface area (Å²) in [6, 6.07) is 14.3. The minimum Gasteiger partial charge on any atom is -0.258 e. The van der Waals surface area contributed by atoms with Crippen LogP contribution in [0, 0.1) is 10.1 Å². The highest BCUT2D eigenvalue weighted by molar-refractivity contribution is 9.10. The molecule has 120 valence electrons. The minimum atomic E-state index is -0.434. The van der Waals surface area contributed by atoms with E-state index in [4.69, 9.17) is 0 Å². The maximum absolute atomic E-state index is 10.9. The number of nitrogens with zero attached hydrogens (tertiary/aromatic N) is 3. The van der Waals surface area contributed by atoms with Crippen LogP contribution in [-0.2, 0) is 0 Å². The van der Waals surface area contributed by atoms with Crippen molar-refractivity contribution in [2.24, 2.45) is 5.10 Å². The van der Waals surface area contributed by atoms with Crippen LogP contribution >= 0.6 is 27.3 Å². The van der Waals surface area contributed by atoms with Gasteiger partial charge in [-0.15, -0.1) is 11.3 Å². The molecule has 0 fully saturated rings. The number of hydrogen-bond acceptors (Lipinski definition) is 6. The van der Waals surface area contributed by atoms with Gasteiger partial charge in [0, 0.05) is 21.5 Å². The van der Waals surface area contributed by atoms with Gasteiger partial charge in [-0.05, 0) is 18.2 Å². The van der Waals surface area contributed by atoms with E-state index < -0.39 is 4.92 Å². The molecule has 6 nitrogen and oxygen atoms in total. The molecular formula is C16H11BrN4O2S. The van der Waals surface area contributed by atoms with Gasteiger partial charge in [0.25, 0.3) is 5.69 Å². The fraction of sp³-hybridized carbons (Fsp3) is 0. The fourth-order valence-electron chi connectivity index (χ4n) is 2.00. The second-order valence-corrected chi connectivity index (χ2v) is 6.50. The van der Waals surface area contributed by atoms with Crippen molar-refractivity contribution < 1.29 is 4.92 Å². The largest absolute Gasteiger partial charge is 0.278 e. The van der Waals surface area contributed by atoms with Crippen LogP contribution < -0.4 is 5.43 Å². The number of para-hydroxylation sites is 1. The van der Waals surface area contributed by atoms with Crippen molar-refractivity contribution in [2.75, 3.05) is 5.43 Å². The first kappa shape index (κ1) is 16.3. The van der Waals surface area contributed by atoms with E-state index in [-0.39, 0.29) is 5.69 Å². The average molecular weight is 403 g/mol. The van der Waals surface area contributed by atoms with Crippen molar-refractivity contribution in [3.05, 3.63) is 74.1 Å². The molecule has 0 radical (unpaired) electrons. The predicted molar refractivity (Wildman–Crippen MR) is 99.6 cm³/mol. The van der Waals surface area contributed by atoms with Gasteiger partial charge in [-0.25, -0.2) is 4.98 Å². The number of hydrogen-bond donors (Lipinski definition) is 1. The number of benzene rings is 2. The highest BCUT2D eigenvalue weighted by Gasteiger charge is 2.10. The molecule has 3 aromatic rings. The van der Waals surface area contributed by atoms with E-state index in [1.807, 2.05) is 29.6 Å². The van der Waals surface area contributed by atoms with E-state index in [1.165, 1.54) is 23.6 Å². The number of anilines is 1. The lowest BCUT2D eigenvalue weighted by atomic mass is 10.2. The first-order valence-electron chi connectivity index (χ1n) is 6.87. The SMILES string of the molecule is O=[N+]([O-])c1ccccc1C=NNc1nc(-c2ccc(Br)cc2)cs1. The summed E-state index contributed by atoms with van der Waals surface area (Å²) in [4.78, 5) is 15.0. The third kappa shape index (κ3) is 3.84. The van der Waals surface area contributed by atoms with E-state index >= 15 is 0 Å². The van der Waals surface area contributed by atoms with Crippen molar-refractivity contribution in [3.8, 4) is 11.3 Å². The number of halogens is 1. The standard InChI is InChI=1S/C16H11BrN4O2S/c17-13-7-5-11(6-8-13)14-10-24-16(19-14)20-18-9-12-3-1-2-4-15(12)21(22)23/h1-10H,(H,19,20). The lowest BCUT2D eigenvalue weighted by Crippen LogP contribution is -1.96. The van der Waals surface area contributed by atoms with Gasteiger partial charge < -0.3 is 0 Å². The van der Waals surface area contributed by atoms with Crippen LogP contribution in [0.4, 0.5) is 10.8 Å². The van der Waals surface area contributed by atoms with Crippen LogP contribution in [0.15, 0.2) is 63.5 Å².